The zero-order chi connectivity index (χ0) is 21.3. The Balaban J connectivity index is 1.43. The molecule has 1 aliphatic rings. The van der Waals surface area contributed by atoms with Crippen molar-refractivity contribution >= 4 is 27.3 Å². The van der Waals surface area contributed by atoms with Crippen molar-refractivity contribution in [3.05, 3.63) is 71.2 Å². The van der Waals surface area contributed by atoms with Gasteiger partial charge in [-0.25, -0.2) is 22.2 Å². The van der Waals surface area contributed by atoms with E-state index in [1.165, 1.54) is 21.8 Å². The Bertz CT molecular complexity index is 1180. The van der Waals surface area contributed by atoms with Gasteiger partial charge in [-0.05, 0) is 18.2 Å². The van der Waals surface area contributed by atoms with Gasteiger partial charge in [0.15, 0.2) is 11.6 Å². The van der Waals surface area contributed by atoms with Gasteiger partial charge in [0.2, 0.25) is 10.0 Å². The van der Waals surface area contributed by atoms with E-state index < -0.39 is 21.7 Å². The number of halogens is 2. The fourth-order valence-corrected chi connectivity index (χ4v) is 5.48. The maximum Gasteiger partial charge on any atom is 0.265 e. The Morgan fingerprint density at radius 3 is 2.33 bits per heavy atom. The summed E-state index contributed by atoms with van der Waals surface area (Å²) in [7, 11) is -3.97. The van der Waals surface area contributed by atoms with Gasteiger partial charge in [-0.3, -0.25) is 4.79 Å². The monoisotopic (exact) mass is 449 g/mol. The molecule has 6 nitrogen and oxygen atoms in total. The van der Waals surface area contributed by atoms with Crippen molar-refractivity contribution in [3.63, 3.8) is 0 Å². The Hall–Kier alpha value is -2.69. The molecule has 30 heavy (non-hydrogen) atoms. The molecular formula is C20H17F2N3O3S2. The summed E-state index contributed by atoms with van der Waals surface area (Å²) < 4.78 is 53.1. The number of aromatic nitrogens is 1. The van der Waals surface area contributed by atoms with E-state index in [0.717, 1.165) is 22.7 Å². The number of nitrogens with zero attached hydrogens (tertiary/aromatic N) is 3. The minimum atomic E-state index is -3.97. The van der Waals surface area contributed by atoms with Crippen molar-refractivity contribution in [2.45, 2.75) is 4.90 Å². The van der Waals surface area contributed by atoms with E-state index in [2.05, 4.69) is 4.98 Å². The van der Waals surface area contributed by atoms with Crippen LogP contribution in [0.3, 0.4) is 0 Å². The molecular weight excluding hydrogens is 432 g/mol. The highest BCUT2D eigenvalue weighted by atomic mass is 32.2. The van der Waals surface area contributed by atoms with Crippen molar-refractivity contribution in [1.82, 2.24) is 14.2 Å². The molecule has 0 bridgehead atoms. The van der Waals surface area contributed by atoms with Gasteiger partial charge in [-0.15, -0.1) is 11.3 Å². The summed E-state index contributed by atoms with van der Waals surface area (Å²) in [5, 5.41) is 0.735. The molecule has 3 aromatic rings. The Labute approximate surface area is 176 Å². The third-order valence-electron chi connectivity index (χ3n) is 4.79. The maximum atomic E-state index is 13.4. The molecule has 0 N–H and O–H groups in total. The van der Waals surface area contributed by atoms with Crippen molar-refractivity contribution < 1.29 is 22.0 Å². The van der Waals surface area contributed by atoms with Crippen molar-refractivity contribution in [3.8, 4) is 10.6 Å². The fourth-order valence-electron chi connectivity index (χ4n) is 3.16. The summed E-state index contributed by atoms with van der Waals surface area (Å²) in [5.74, 6) is -2.53. The number of piperazine rings is 1. The third-order valence-corrected chi connectivity index (χ3v) is 7.72. The second-order valence-corrected chi connectivity index (χ2v) is 9.64. The van der Waals surface area contributed by atoms with Gasteiger partial charge in [0.1, 0.15) is 9.88 Å². The second kappa shape index (κ2) is 8.21. The number of amides is 1. The predicted octanol–water partition coefficient (Wildman–Crippen LogP) is 3.24. The van der Waals surface area contributed by atoms with Crippen LogP contribution in [0.5, 0.6) is 0 Å². The van der Waals surface area contributed by atoms with Crippen LogP contribution in [0.4, 0.5) is 8.78 Å². The summed E-state index contributed by atoms with van der Waals surface area (Å²) >= 11 is 1.28. The molecule has 1 fully saturated rings. The minimum Gasteiger partial charge on any atom is -0.335 e. The number of hydrogen-bond acceptors (Lipinski definition) is 5. The molecule has 0 unspecified atom stereocenters. The summed E-state index contributed by atoms with van der Waals surface area (Å²) in [5.41, 5.74) is 0.920. The van der Waals surface area contributed by atoms with Crippen LogP contribution >= 0.6 is 11.3 Å². The maximum absolute atomic E-state index is 13.4. The van der Waals surface area contributed by atoms with Crippen LogP contribution in [0, 0.1) is 11.6 Å². The lowest BCUT2D eigenvalue weighted by Crippen LogP contribution is -2.50. The van der Waals surface area contributed by atoms with E-state index >= 15 is 0 Å². The highest BCUT2D eigenvalue weighted by Gasteiger charge is 2.31. The van der Waals surface area contributed by atoms with Gasteiger partial charge in [0, 0.05) is 31.7 Å². The average Bonchev–Trinajstić information content (AvgIpc) is 3.26. The quantitative estimate of drug-likeness (QED) is 0.613. The van der Waals surface area contributed by atoms with Crippen LogP contribution in [0.15, 0.2) is 59.6 Å². The van der Waals surface area contributed by atoms with Crippen LogP contribution < -0.4 is 0 Å². The number of thiazole rings is 1. The Kier molecular flexibility index (Phi) is 5.63. The summed E-state index contributed by atoms with van der Waals surface area (Å²) in [6.45, 7) is 0.523. The predicted molar refractivity (Wildman–Crippen MR) is 109 cm³/mol. The van der Waals surface area contributed by atoms with Crippen LogP contribution in [0.1, 0.15) is 9.67 Å². The molecule has 0 spiro atoms. The van der Waals surface area contributed by atoms with Gasteiger partial charge in [-0.2, -0.15) is 4.31 Å². The third kappa shape index (κ3) is 3.98. The molecule has 0 atom stereocenters. The van der Waals surface area contributed by atoms with Gasteiger partial charge in [0.05, 0.1) is 11.1 Å². The highest BCUT2D eigenvalue weighted by molar-refractivity contribution is 7.89. The van der Waals surface area contributed by atoms with E-state index in [1.54, 1.807) is 4.90 Å². The molecule has 2 aromatic carbocycles. The van der Waals surface area contributed by atoms with E-state index in [-0.39, 0.29) is 37.0 Å². The fraction of sp³-hybridized carbons (Fsp3) is 0.200. The topological polar surface area (TPSA) is 70.6 Å². The number of sulfonamides is 1. The molecule has 4 rings (SSSR count). The van der Waals surface area contributed by atoms with Crippen molar-refractivity contribution in [1.29, 1.82) is 0 Å². The molecule has 156 valence electrons. The zero-order valence-electron chi connectivity index (χ0n) is 15.7. The lowest BCUT2D eigenvalue weighted by atomic mass is 10.2. The van der Waals surface area contributed by atoms with E-state index in [1.807, 2.05) is 30.3 Å². The molecule has 1 aliphatic heterocycles. The number of carbonyl (C=O) groups excluding carboxylic acids is 1. The molecule has 0 saturated carbocycles. The van der Waals surface area contributed by atoms with Crippen molar-refractivity contribution in [2.24, 2.45) is 0 Å². The van der Waals surface area contributed by atoms with Gasteiger partial charge in [-0.1, -0.05) is 30.3 Å². The minimum absolute atomic E-state index is 0.0669. The smallest absolute Gasteiger partial charge is 0.265 e. The molecule has 0 radical (unpaired) electrons. The standard InChI is InChI=1S/C20H17F2N3O3S2/c21-16-7-6-15(12-17(16)22)30(27,28)25-10-8-24(9-11-25)20(26)18-13-23-19(29-18)14-4-2-1-3-5-14/h1-7,12-13H,8-11H2. The first-order valence-electron chi connectivity index (χ1n) is 9.12. The normalized spacial score (nSPS) is 15.3. The summed E-state index contributed by atoms with van der Waals surface area (Å²) in [6.07, 6.45) is 1.53. The summed E-state index contributed by atoms with van der Waals surface area (Å²) in [4.78, 5) is 18.8. The number of rotatable bonds is 4. The van der Waals surface area contributed by atoms with Crippen LogP contribution in [0.25, 0.3) is 10.6 Å². The Morgan fingerprint density at radius 1 is 0.967 bits per heavy atom. The largest absolute Gasteiger partial charge is 0.335 e. The lowest BCUT2D eigenvalue weighted by molar-refractivity contribution is 0.0702. The van der Waals surface area contributed by atoms with Gasteiger partial charge >= 0.3 is 0 Å². The second-order valence-electron chi connectivity index (χ2n) is 6.67. The molecule has 10 heteroatoms. The van der Waals surface area contributed by atoms with Crippen LogP contribution in [0.2, 0.25) is 0 Å². The Morgan fingerprint density at radius 2 is 1.67 bits per heavy atom. The molecule has 0 aliphatic carbocycles. The van der Waals surface area contributed by atoms with Gasteiger partial charge < -0.3 is 4.90 Å². The van der Waals surface area contributed by atoms with Crippen molar-refractivity contribution in [2.75, 3.05) is 26.2 Å². The molecule has 2 heterocycles. The number of hydrogen-bond donors (Lipinski definition) is 0. The SMILES string of the molecule is O=C(c1cnc(-c2ccccc2)s1)N1CCN(S(=O)(=O)c2ccc(F)c(F)c2)CC1. The zero-order valence-corrected chi connectivity index (χ0v) is 17.3. The summed E-state index contributed by atoms with van der Waals surface area (Å²) in [6, 6.07) is 12.0. The van der Waals surface area contributed by atoms with Gasteiger partial charge in [0.25, 0.3) is 5.91 Å². The first kappa shape index (κ1) is 20.6. The molecule has 1 amide bonds. The number of carbonyl (C=O) groups is 1. The first-order chi connectivity index (χ1) is 14.4. The van der Waals surface area contributed by atoms with Crippen LogP contribution in [-0.4, -0.2) is 54.7 Å². The van der Waals surface area contributed by atoms with Crippen LogP contribution in [-0.2, 0) is 10.0 Å². The molecule has 1 aromatic heterocycles. The van der Waals surface area contributed by atoms with E-state index in [9.17, 15) is 22.0 Å². The van der Waals surface area contributed by atoms with E-state index in [4.69, 9.17) is 0 Å². The average molecular weight is 450 g/mol. The molecule has 1 saturated heterocycles. The van der Waals surface area contributed by atoms with E-state index in [0.29, 0.717) is 10.9 Å². The highest BCUT2D eigenvalue weighted by Crippen LogP contribution is 2.26. The lowest BCUT2D eigenvalue weighted by Gasteiger charge is -2.33. The first-order valence-corrected chi connectivity index (χ1v) is 11.4. The number of benzene rings is 2.